The topological polar surface area (TPSA) is 89.1 Å². The average molecular weight is 450 g/mol. The van der Waals surface area contributed by atoms with E-state index in [2.05, 4.69) is 36.3 Å². The smallest absolute Gasteiger partial charge is 0.274 e. The first-order valence-electron chi connectivity index (χ1n) is 8.62. The molecule has 1 amide bonds. The third-order valence-corrected chi connectivity index (χ3v) is 5.39. The minimum absolute atomic E-state index is 0.143. The van der Waals surface area contributed by atoms with Crippen LogP contribution in [0.25, 0.3) is 11.0 Å². The molecule has 140 valence electrons. The van der Waals surface area contributed by atoms with Crippen LogP contribution in [0.4, 0.5) is 11.4 Å². The van der Waals surface area contributed by atoms with Gasteiger partial charge in [-0.25, -0.2) is 9.97 Å². The molecule has 3 aromatic heterocycles. The van der Waals surface area contributed by atoms with Crippen LogP contribution in [0.1, 0.15) is 23.3 Å². The Balaban J connectivity index is 1.72. The standard InChI is InChI=1S/C18H18BrClN6O/c19-26-10-14(24-18(27)13-4-3-11(20)8-23-13)16-15(5-6-22-17(16)26)25-7-1-2-12(21)9-25/h3-6,8,10,12H,1-2,7,9,21H2,(H,24,27)/t12-/m1/s1. The summed E-state index contributed by atoms with van der Waals surface area (Å²) >= 11 is 9.32. The Hall–Kier alpha value is -2.16. The fourth-order valence-electron chi connectivity index (χ4n) is 3.38. The third-order valence-electron chi connectivity index (χ3n) is 4.63. The monoisotopic (exact) mass is 448 g/mol. The molecule has 0 bridgehead atoms. The molecule has 0 aromatic carbocycles. The molecular formula is C18H18BrClN6O. The molecule has 1 saturated heterocycles. The molecule has 0 aliphatic carbocycles. The first-order valence-corrected chi connectivity index (χ1v) is 9.71. The maximum atomic E-state index is 12.6. The van der Waals surface area contributed by atoms with E-state index in [1.807, 2.05) is 6.07 Å². The molecule has 3 aromatic rings. The lowest BCUT2D eigenvalue weighted by molar-refractivity contribution is 0.102. The highest BCUT2D eigenvalue weighted by atomic mass is 79.9. The SMILES string of the molecule is N[C@@H]1CCCN(c2ccnc3c2c(NC(=O)c2ccc(Cl)cn2)cn3Br)C1. The first kappa shape index (κ1) is 18.2. The zero-order valence-electron chi connectivity index (χ0n) is 14.4. The van der Waals surface area contributed by atoms with E-state index in [-0.39, 0.29) is 11.9 Å². The molecule has 1 aliphatic heterocycles. The van der Waals surface area contributed by atoms with Crippen molar-refractivity contribution in [1.29, 1.82) is 0 Å². The summed E-state index contributed by atoms with van der Waals surface area (Å²) in [6.07, 6.45) is 7.07. The van der Waals surface area contributed by atoms with Gasteiger partial charge >= 0.3 is 0 Å². The number of fused-ring (bicyclic) bond motifs is 1. The number of anilines is 2. The molecule has 27 heavy (non-hydrogen) atoms. The highest BCUT2D eigenvalue weighted by Crippen LogP contribution is 2.35. The molecule has 0 saturated carbocycles. The van der Waals surface area contributed by atoms with Crippen molar-refractivity contribution in [2.45, 2.75) is 18.9 Å². The van der Waals surface area contributed by atoms with Crippen LogP contribution in [0, 0.1) is 0 Å². The van der Waals surface area contributed by atoms with Gasteiger partial charge in [-0.1, -0.05) is 11.6 Å². The Labute approximate surface area is 169 Å². The Morgan fingerprint density at radius 3 is 2.93 bits per heavy atom. The van der Waals surface area contributed by atoms with Crippen LogP contribution in [0.5, 0.6) is 0 Å². The first-order chi connectivity index (χ1) is 13.0. The van der Waals surface area contributed by atoms with Crippen molar-refractivity contribution in [2.24, 2.45) is 5.73 Å². The third kappa shape index (κ3) is 3.65. The van der Waals surface area contributed by atoms with Gasteiger partial charge in [-0.15, -0.1) is 0 Å². The van der Waals surface area contributed by atoms with Gasteiger partial charge in [-0.2, -0.15) is 0 Å². The number of pyridine rings is 2. The molecule has 1 aliphatic rings. The lowest BCUT2D eigenvalue weighted by Crippen LogP contribution is -2.42. The van der Waals surface area contributed by atoms with Crippen LogP contribution >= 0.6 is 27.7 Å². The number of nitrogens with one attached hydrogen (secondary N) is 1. The number of nitrogens with two attached hydrogens (primary N) is 1. The largest absolute Gasteiger partial charge is 0.369 e. The van der Waals surface area contributed by atoms with E-state index in [1.54, 1.807) is 28.1 Å². The van der Waals surface area contributed by atoms with Crippen molar-refractivity contribution in [3.05, 3.63) is 47.5 Å². The number of piperidine rings is 1. The van der Waals surface area contributed by atoms with Crippen LogP contribution < -0.4 is 16.0 Å². The second-order valence-corrected chi connectivity index (χ2v) is 7.75. The molecular weight excluding hydrogens is 432 g/mol. The number of carbonyl (C=O) groups is 1. The van der Waals surface area contributed by atoms with Crippen molar-refractivity contribution in [3.63, 3.8) is 0 Å². The molecule has 3 N–H and O–H groups in total. The van der Waals surface area contributed by atoms with Crippen molar-refractivity contribution >= 4 is 56.1 Å². The highest BCUT2D eigenvalue weighted by molar-refractivity contribution is 9.08. The fourth-order valence-corrected chi connectivity index (χ4v) is 3.97. The van der Waals surface area contributed by atoms with E-state index < -0.39 is 0 Å². The number of aromatic nitrogens is 3. The summed E-state index contributed by atoms with van der Waals surface area (Å²) in [6.45, 7) is 1.70. The lowest BCUT2D eigenvalue weighted by atomic mass is 10.1. The van der Waals surface area contributed by atoms with Gasteiger partial charge in [0.05, 0.1) is 37.9 Å². The van der Waals surface area contributed by atoms with Crippen molar-refractivity contribution < 1.29 is 4.79 Å². The summed E-state index contributed by atoms with van der Waals surface area (Å²) in [6, 6.07) is 5.33. The van der Waals surface area contributed by atoms with Gasteiger partial charge in [0, 0.05) is 37.7 Å². The van der Waals surface area contributed by atoms with E-state index in [0.29, 0.717) is 16.4 Å². The molecule has 4 heterocycles. The Morgan fingerprint density at radius 2 is 2.19 bits per heavy atom. The summed E-state index contributed by atoms with van der Waals surface area (Å²) in [7, 11) is 0. The van der Waals surface area contributed by atoms with Crippen molar-refractivity contribution in [1.82, 2.24) is 13.6 Å². The average Bonchev–Trinajstić information content (AvgIpc) is 2.98. The number of amides is 1. The molecule has 1 fully saturated rings. The number of rotatable bonds is 3. The van der Waals surface area contributed by atoms with Gasteiger partial charge in [0.2, 0.25) is 0 Å². The number of carbonyl (C=O) groups excluding carboxylic acids is 1. The molecule has 9 heteroatoms. The highest BCUT2D eigenvalue weighted by Gasteiger charge is 2.23. The van der Waals surface area contributed by atoms with Crippen LogP contribution in [0.2, 0.25) is 5.02 Å². The number of halogens is 2. The normalized spacial score (nSPS) is 17.3. The van der Waals surface area contributed by atoms with E-state index in [9.17, 15) is 4.79 Å². The summed E-state index contributed by atoms with van der Waals surface area (Å²) < 4.78 is 1.72. The van der Waals surface area contributed by atoms with E-state index in [1.165, 1.54) is 6.20 Å². The maximum absolute atomic E-state index is 12.6. The molecule has 0 spiro atoms. The van der Waals surface area contributed by atoms with Crippen LogP contribution in [-0.2, 0) is 0 Å². The minimum atomic E-state index is -0.309. The van der Waals surface area contributed by atoms with Gasteiger partial charge in [-0.3, -0.25) is 8.39 Å². The van der Waals surface area contributed by atoms with Gasteiger partial charge < -0.3 is 16.0 Å². The van der Waals surface area contributed by atoms with Gasteiger partial charge in [-0.05, 0) is 31.0 Å². The van der Waals surface area contributed by atoms with Gasteiger partial charge in [0.15, 0.2) is 5.65 Å². The zero-order valence-corrected chi connectivity index (χ0v) is 16.7. The predicted molar refractivity (Wildman–Crippen MR) is 111 cm³/mol. The van der Waals surface area contributed by atoms with Crippen LogP contribution in [-0.4, -0.2) is 38.6 Å². The van der Waals surface area contributed by atoms with Crippen LogP contribution in [0.3, 0.4) is 0 Å². The second-order valence-electron chi connectivity index (χ2n) is 6.55. The summed E-state index contributed by atoms with van der Waals surface area (Å²) in [5, 5.41) is 4.29. The number of hydrogen-bond donors (Lipinski definition) is 2. The fraction of sp³-hybridized carbons (Fsp3) is 0.278. The number of nitrogens with zero attached hydrogens (tertiary/aromatic N) is 4. The Morgan fingerprint density at radius 1 is 1.33 bits per heavy atom. The molecule has 1 atom stereocenters. The van der Waals surface area contributed by atoms with Crippen molar-refractivity contribution in [2.75, 3.05) is 23.3 Å². The Bertz CT molecular complexity index is 989. The van der Waals surface area contributed by atoms with Gasteiger partial charge in [0.1, 0.15) is 5.69 Å². The minimum Gasteiger partial charge on any atom is -0.369 e. The molecule has 4 rings (SSSR count). The van der Waals surface area contributed by atoms with Gasteiger partial charge in [0.25, 0.3) is 5.91 Å². The quantitative estimate of drug-likeness (QED) is 0.639. The lowest BCUT2D eigenvalue weighted by Gasteiger charge is -2.33. The number of hydrogen-bond acceptors (Lipinski definition) is 5. The molecule has 7 nitrogen and oxygen atoms in total. The summed E-state index contributed by atoms with van der Waals surface area (Å²) in [5.41, 5.74) is 8.84. The van der Waals surface area contributed by atoms with Crippen molar-refractivity contribution in [3.8, 4) is 0 Å². The van der Waals surface area contributed by atoms with Crippen LogP contribution in [0.15, 0.2) is 36.8 Å². The maximum Gasteiger partial charge on any atom is 0.274 e. The Kier molecular flexibility index (Phi) is 5.03. The van der Waals surface area contributed by atoms with E-state index in [4.69, 9.17) is 17.3 Å². The zero-order chi connectivity index (χ0) is 19.0. The summed E-state index contributed by atoms with van der Waals surface area (Å²) in [5.74, 6) is -0.309. The predicted octanol–water partition coefficient (Wildman–Crippen LogP) is 3.42. The van der Waals surface area contributed by atoms with E-state index in [0.717, 1.165) is 42.7 Å². The molecule has 0 radical (unpaired) electrons. The second kappa shape index (κ2) is 7.46. The molecule has 0 unspecified atom stereocenters. The van der Waals surface area contributed by atoms with E-state index >= 15 is 0 Å². The summed E-state index contributed by atoms with van der Waals surface area (Å²) in [4.78, 5) is 23.4.